The average molecular weight is 668 g/mol. The molecule has 52 heavy (non-hydrogen) atoms. The van der Waals surface area contributed by atoms with E-state index in [1.807, 2.05) is 48.5 Å². The second-order valence-electron chi connectivity index (χ2n) is 13.2. The third-order valence-corrected chi connectivity index (χ3v) is 10.2. The molecule has 1 unspecified atom stereocenters. The first-order valence-corrected chi connectivity index (χ1v) is 17.3. The van der Waals surface area contributed by atoms with Gasteiger partial charge < -0.3 is 9.13 Å². The summed E-state index contributed by atoms with van der Waals surface area (Å²) in [4.78, 5) is 0. The Hall–Kier alpha value is -7.13. The van der Waals surface area contributed by atoms with Gasteiger partial charge in [0, 0.05) is 27.4 Å². The molecular weight excluding hydrogens is 635 g/mol. The van der Waals surface area contributed by atoms with Crippen molar-refractivity contribution in [3.05, 3.63) is 168 Å². The highest BCUT2D eigenvalue weighted by atomic mass is 15.0. The Labute approximate surface area is 302 Å². The van der Waals surface area contributed by atoms with Crippen LogP contribution in [-0.2, 0) is 0 Å². The monoisotopic (exact) mass is 667 g/mol. The Morgan fingerprint density at radius 2 is 1.19 bits per heavy atom. The second kappa shape index (κ2) is 13.0. The smallest absolute Gasteiger partial charge is 0.101 e. The minimum atomic E-state index is 0.322. The summed E-state index contributed by atoms with van der Waals surface area (Å²) in [5, 5.41) is 32.9. The molecule has 5 nitrogen and oxygen atoms in total. The van der Waals surface area contributed by atoms with Crippen LogP contribution in [-0.4, -0.2) is 9.13 Å². The molecule has 0 fully saturated rings. The molecule has 8 aromatic rings. The molecule has 6 aromatic carbocycles. The normalized spacial score (nSPS) is 11.7. The van der Waals surface area contributed by atoms with Crippen molar-refractivity contribution in [1.82, 2.24) is 9.13 Å². The van der Waals surface area contributed by atoms with Gasteiger partial charge in [0.1, 0.15) is 6.07 Å². The zero-order chi connectivity index (χ0) is 35.9. The molecule has 1 atom stereocenters. The maximum atomic E-state index is 10.6. The quantitative estimate of drug-likeness (QED) is 0.159. The van der Waals surface area contributed by atoms with Crippen LogP contribution in [0, 0.1) is 40.9 Å². The fourth-order valence-corrected chi connectivity index (χ4v) is 7.97. The van der Waals surface area contributed by atoms with E-state index in [1.165, 1.54) is 22.2 Å². The molecular formula is C47H33N5. The molecule has 0 bridgehead atoms. The highest BCUT2D eigenvalue weighted by molar-refractivity contribution is 6.10. The molecule has 2 aromatic heterocycles. The van der Waals surface area contributed by atoms with Gasteiger partial charge in [-0.05, 0) is 102 Å². The molecule has 0 amide bonds. The van der Waals surface area contributed by atoms with Gasteiger partial charge >= 0.3 is 0 Å². The summed E-state index contributed by atoms with van der Waals surface area (Å²) in [6.07, 6.45) is 2.89. The predicted molar refractivity (Wildman–Crippen MR) is 211 cm³/mol. The third-order valence-electron chi connectivity index (χ3n) is 10.2. The average Bonchev–Trinajstić information content (AvgIpc) is 3.67. The summed E-state index contributed by atoms with van der Waals surface area (Å²) in [5.41, 5.74) is 13.0. The van der Waals surface area contributed by atoms with Crippen molar-refractivity contribution in [2.24, 2.45) is 0 Å². The fourth-order valence-electron chi connectivity index (χ4n) is 7.97. The Balaban J connectivity index is 1.31. The van der Waals surface area contributed by atoms with Crippen molar-refractivity contribution in [3.8, 4) is 51.8 Å². The highest BCUT2D eigenvalue weighted by Gasteiger charge is 2.22. The maximum Gasteiger partial charge on any atom is 0.101 e. The number of allylic oxidation sites excluding steroid dienone is 1. The van der Waals surface area contributed by atoms with Crippen LogP contribution in [0.25, 0.3) is 66.3 Å². The number of hydrogen-bond donors (Lipinski definition) is 0. The first kappa shape index (κ1) is 32.1. The third kappa shape index (κ3) is 5.06. The lowest BCUT2D eigenvalue weighted by Gasteiger charge is -2.18. The minimum absolute atomic E-state index is 0.322. The van der Waals surface area contributed by atoms with E-state index >= 15 is 0 Å². The Morgan fingerprint density at radius 3 is 1.85 bits per heavy atom. The van der Waals surface area contributed by atoms with Gasteiger partial charge in [-0.15, -0.1) is 6.58 Å². The van der Waals surface area contributed by atoms with Gasteiger partial charge in [-0.25, -0.2) is 0 Å². The van der Waals surface area contributed by atoms with Gasteiger partial charge in [-0.2, -0.15) is 15.8 Å². The molecule has 5 heteroatoms. The molecule has 0 aliphatic carbocycles. The number of benzene rings is 6. The van der Waals surface area contributed by atoms with Crippen LogP contribution in [0.5, 0.6) is 0 Å². The molecule has 0 aliphatic heterocycles. The van der Waals surface area contributed by atoms with Gasteiger partial charge in [0.05, 0.1) is 56.8 Å². The lowest BCUT2D eigenvalue weighted by Crippen LogP contribution is -2.02. The van der Waals surface area contributed by atoms with Crippen LogP contribution >= 0.6 is 0 Å². The summed E-state index contributed by atoms with van der Waals surface area (Å²) in [6.45, 7) is 8.50. The molecule has 0 saturated heterocycles. The lowest BCUT2D eigenvalue weighted by atomic mass is 9.92. The van der Waals surface area contributed by atoms with Crippen LogP contribution in [0.3, 0.4) is 0 Å². The van der Waals surface area contributed by atoms with Crippen molar-refractivity contribution in [2.45, 2.75) is 26.2 Å². The van der Waals surface area contributed by atoms with Gasteiger partial charge in [0.25, 0.3) is 0 Å². The summed E-state index contributed by atoms with van der Waals surface area (Å²) in [6, 6.07) is 49.7. The first-order valence-electron chi connectivity index (χ1n) is 17.3. The Kier molecular flexibility index (Phi) is 8.00. The Morgan fingerprint density at radius 1 is 0.596 bits per heavy atom. The van der Waals surface area contributed by atoms with E-state index in [0.29, 0.717) is 22.6 Å². The second-order valence-corrected chi connectivity index (χ2v) is 13.2. The van der Waals surface area contributed by atoms with E-state index in [9.17, 15) is 15.8 Å². The molecule has 0 N–H and O–H groups in total. The highest BCUT2D eigenvalue weighted by Crippen LogP contribution is 2.42. The maximum absolute atomic E-state index is 10.6. The molecule has 2 heterocycles. The molecule has 0 spiro atoms. The largest absolute Gasteiger partial charge is 0.313 e. The van der Waals surface area contributed by atoms with Crippen molar-refractivity contribution in [1.29, 1.82) is 15.8 Å². The van der Waals surface area contributed by atoms with Gasteiger partial charge in [0.2, 0.25) is 0 Å². The van der Waals surface area contributed by atoms with Crippen LogP contribution in [0.15, 0.2) is 140 Å². The van der Waals surface area contributed by atoms with Crippen LogP contribution in [0.4, 0.5) is 0 Å². The fraction of sp³-hybridized carbons (Fsp3) is 0.0851. The van der Waals surface area contributed by atoms with E-state index in [-0.39, 0.29) is 0 Å². The van der Waals surface area contributed by atoms with Crippen molar-refractivity contribution >= 4 is 32.7 Å². The number of nitriles is 3. The molecule has 0 radical (unpaired) electrons. The number of aromatic nitrogens is 2. The van der Waals surface area contributed by atoms with Gasteiger partial charge in [-0.3, -0.25) is 0 Å². The summed E-state index contributed by atoms with van der Waals surface area (Å²) >= 11 is 0. The van der Waals surface area contributed by atoms with Crippen LogP contribution in [0.2, 0.25) is 0 Å². The predicted octanol–water partition coefficient (Wildman–Crippen LogP) is 11.7. The summed E-state index contributed by atoms with van der Waals surface area (Å²) in [7, 11) is 0. The number of hydrogen-bond acceptors (Lipinski definition) is 3. The number of para-hydroxylation sites is 2. The molecule has 8 rings (SSSR count). The van der Waals surface area contributed by atoms with Gasteiger partial charge in [-0.1, -0.05) is 79.7 Å². The molecule has 0 saturated carbocycles. The molecule has 246 valence electrons. The van der Waals surface area contributed by atoms with E-state index in [2.05, 4.69) is 121 Å². The van der Waals surface area contributed by atoms with E-state index < -0.39 is 0 Å². The van der Waals surface area contributed by atoms with E-state index in [4.69, 9.17) is 0 Å². The summed E-state index contributed by atoms with van der Waals surface area (Å²) < 4.78 is 4.44. The van der Waals surface area contributed by atoms with Crippen LogP contribution in [0.1, 0.15) is 47.2 Å². The SMILES string of the molecule is C=CCC(C)c1c(C)n(-c2ccccc2-c2ccccc2-c2ccc(-n3c4ccc(C#N)cc4c4cc(C#N)ccc43)c(C#N)c2)c2ccccc12. The lowest BCUT2D eigenvalue weighted by molar-refractivity contribution is 0.775. The van der Waals surface area contributed by atoms with Gasteiger partial charge in [0.15, 0.2) is 0 Å². The Bertz CT molecular complexity index is 2790. The zero-order valence-corrected chi connectivity index (χ0v) is 28.9. The minimum Gasteiger partial charge on any atom is -0.313 e. The van der Waals surface area contributed by atoms with E-state index in [0.717, 1.165) is 61.9 Å². The zero-order valence-electron chi connectivity index (χ0n) is 28.9. The first-order chi connectivity index (χ1) is 25.5. The van der Waals surface area contributed by atoms with Crippen molar-refractivity contribution < 1.29 is 0 Å². The van der Waals surface area contributed by atoms with Crippen molar-refractivity contribution in [3.63, 3.8) is 0 Å². The standard InChI is InChI=1S/C47H33N5/c1-4-11-30(2)47-31(3)51(44-17-10-8-15-39(44)47)43-16-9-7-14-38(43)37-13-6-5-12-36(37)34-20-23-42(35(26-34)29-50)52-45-21-18-32(27-48)24-40(45)41-25-33(28-49)19-22-46(41)52/h4-10,12-26,30H,1,11H2,2-3H3. The topological polar surface area (TPSA) is 81.2 Å². The van der Waals surface area contributed by atoms with Crippen molar-refractivity contribution in [2.75, 3.05) is 0 Å². The number of rotatable bonds is 7. The number of fused-ring (bicyclic) bond motifs is 4. The number of nitrogens with zero attached hydrogens (tertiary/aromatic N) is 5. The molecule has 0 aliphatic rings. The van der Waals surface area contributed by atoms with E-state index in [1.54, 1.807) is 12.1 Å². The van der Waals surface area contributed by atoms with Crippen LogP contribution < -0.4 is 0 Å². The summed E-state index contributed by atoms with van der Waals surface area (Å²) in [5.74, 6) is 0.322.